The third-order valence-electron chi connectivity index (χ3n) is 4.21. The van der Waals surface area contributed by atoms with Crippen LogP contribution in [0, 0.1) is 10.1 Å². The smallest absolute Gasteiger partial charge is 0.294 e. The van der Waals surface area contributed by atoms with Gasteiger partial charge in [0.1, 0.15) is 18.9 Å². The monoisotopic (exact) mass is 469 g/mol. The van der Waals surface area contributed by atoms with Crippen molar-refractivity contribution >= 4 is 10.0 Å². The molecular formula is C19H17F2N3O7S. The van der Waals surface area contributed by atoms with Crippen LogP contribution < -0.4 is 5.14 Å². The molecule has 2 aromatic carbocycles. The summed E-state index contributed by atoms with van der Waals surface area (Å²) in [5.41, 5.74) is 1.94. The topological polar surface area (TPSA) is 148 Å². The number of hydrogen-bond donors (Lipinski definition) is 1. The maximum atomic E-state index is 13.7. The Kier molecular flexibility index (Phi) is 6.81. The quantitative estimate of drug-likeness (QED) is 0.352. The van der Waals surface area contributed by atoms with E-state index in [1.54, 1.807) is 30.3 Å². The van der Waals surface area contributed by atoms with Crippen LogP contribution in [0.5, 0.6) is 0 Å². The number of benzene rings is 2. The van der Waals surface area contributed by atoms with Crippen LogP contribution in [0.3, 0.4) is 0 Å². The maximum absolute atomic E-state index is 13.7. The lowest BCUT2D eigenvalue weighted by atomic mass is 9.99. The van der Waals surface area contributed by atoms with Crippen molar-refractivity contribution in [3.63, 3.8) is 0 Å². The van der Waals surface area contributed by atoms with E-state index < -0.39 is 40.9 Å². The predicted octanol–water partition coefficient (Wildman–Crippen LogP) is 3.02. The summed E-state index contributed by atoms with van der Waals surface area (Å²) in [5, 5.41) is 17.9. The number of rotatable bonds is 10. The predicted molar refractivity (Wildman–Crippen MR) is 106 cm³/mol. The van der Waals surface area contributed by atoms with Gasteiger partial charge in [0, 0.05) is 5.56 Å². The van der Waals surface area contributed by atoms with Crippen LogP contribution in [0.25, 0.3) is 22.4 Å². The van der Waals surface area contributed by atoms with E-state index in [0.29, 0.717) is 22.4 Å². The first kappa shape index (κ1) is 23.2. The number of aromatic nitrogens is 1. The molecule has 0 aliphatic rings. The van der Waals surface area contributed by atoms with Crippen LogP contribution in [0.1, 0.15) is 5.76 Å². The van der Waals surface area contributed by atoms with Gasteiger partial charge in [-0.25, -0.2) is 22.3 Å². The van der Waals surface area contributed by atoms with Crippen molar-refractivity contribution in [3.8, 4) is 22.4 Å². The van der Waals surface area contributed by atoms with Gasteiger partial charge in [-0.05, 0) is 17.7 Å². The molecule has 0 aliphatic heterocycles. The minimum Gasteiger partial charge on any atom is -0.367 e. The van der Waals surface area contributed by atoms with Crippen LogP contribution in [0.2, 0.25) is 0 Å². The van der Waals surface area contributed by atoms with Crippen LogP contribution in [0.4, 0.5) is 8.78 Å². The highest BCUT2D eigenvalue weighted by Gasteiger charge is 2.32. The first-order valence-electron chi connectivity index (χ1n) is 8.97. The van der Waals surface area contributed by atoms with Crippen molar-refractivity contribution in [1.82, 2.24) is 5.16 Å². The fourth-order valence-corrected chi connectivity index (χ4v) is 3.32. The fourth-order valence-electron chi connectivity index (χ4n) is 2.81. The van der Waals surface area contributed by atoms with Crippen LogP contribution >= 0.6 is 0 Å². The van der Waals surface area contributed by atoms with E-state index in [1.807, 2.05) is 0 Å². The van der Waals surface area contributed by atoms with Crippen LogP contribution in [-0.2, 0) is 26.2 Å². The highest BCUT2D eigenvalue weighted by atomic mass is 32.2. The third-order valence-corrected chi connectivity index (χ3v) is 5.14. The molecule has 0 spiro atoms. The Morgan fingerprint density at radius 2 is 1.72 bits per heavy atom. The number of sulfonamides is 1. The molecule has 0 fully saturated rings. The summed E-state index contributed by atoms with van der Waals surface area (Å²) in [5.74, 6) is -3.51. The minimum absolute atomic E-state index is 0.0956. The summed E-state index contributed by atoms with van der Waals surface area (Å²) in [4.78, 5) is 13.7. The Balaban J connectivity index is 1.89. The van der Waals surface area contributed by atoms with Crippen molar-refractivity contribution in [2.45, 2.75) is 17.4 Å². The van der Waals surface area contributed by atoms with E-state index >= 15 is 0 Å². The molecular weight excluding hydrogens is 452 g/mol. The summed E-state index contributed by atoms with van der Waals surface area (Å²) >= 11 is 0. The van der Waals surface area contributed by atoms with Crippen LogP contribution in [-0.4, -0.2) is 37.8 Å². The molecule has 0 amide bonds. The molecule has 0 aliphatic carbocycles. The average molecular weight is 469 g/mol. The van der Waals surface area contributed by atoms with Gasteiger partial charge in [-0.2, -0.15) is 0 Å². The van der Waals surface area contributed by atoms with Crippen molar-refractivity contribution in [2.24, 2.45) is 5.14 Å². The van der Waals surface area contributed by atoms with Crippen molar-refractivity contribution < 1.29 is 36.4 Å². The molecule has 0 saturated carbocycles. The summed E-state index contributed by atoms with van der Waals surface area (Å²) in [6.45, 7) is -3.04. The first-order chi connectivity index (χ1) is 15.1. The summed E-state index contributed by atoms with van der Waals surface area (Å²) < 4.78 is 60.7. The molecule has 0 radical (unpaired) electrons. The summed E-state index contributed by atoms with van der Waals surface area (Å²) in [6, 6.07) is 14.4. The Labute approximate surface area is 180 Å². The molecule has 3 rings (SSSR count). The Hall–Kier alpha value is -3.42. The van der Waals surface area contributed by atoms with E-state index in [9.17, 15) is 27.3 Å². The summed E-state index contributed by atoms with van der Waals surface area (Å²) in [7, 11) is -3.91. The largest absolute Gasteiger partial charge is 0.367 e. The number of halogens is 2. The maximum Gasteiger partial charge on any atom is 0.294 e. The zero-order chi connectivity index (χ0) is 23.4. The van der Waals surface area contributed by atoms with Gasteiger partial charge in [0.2, 0.25) is 10.0 Å². The number of primary sulfonamides is 1. The molecule has 32 heavy (non-hydrogen) atoms. The molecule has 10 nitrogen and oxygen atoms in total. The molecule has 1 aromatic heterocycles. The Morgan fingerprint density at radius 1 is 1.06 bits per heavy atom. The second-order valence-corrected chi connectivity index (χ2v) is 8.17. The van der Waals surface area contributed by atoms with Gasteiger partial charge in [0.15, 0.2) is 12.4 Å². The molecule has 1 heterocycles. The molecule has 13 heteroatoms. The van der Waals surface area contributed by atoms with Gasteiger partial charge >= 0.3 is 0 Å². The molecule has 3 aromatic rings. The highest BCUT2D eigenvalue weighted by molar-refractivity contribution is 7.89. The average Bonchev–Trinajstić information content (AvgIpc) is 3.16. The number of alkyl halides is 2. The van der Waals surface area contributed by atoms with E-state index in [2.05, 4.69) is 9.99 Å². The van der Waals surface area contributed by atoms with Crippen molar-refractivity contribution in [1.29, 1.82) is 0 Å². The van der Waals surface area contributed by atoms with Gasteiger partial charge < -0.3 is 14.1 Å². The Morgan fingerprint density at radius 3 is 2.31 bits per heavy atom. The third kappa shape index (κ3) is 5.84. The molecule has 0 unspecified atom stereocenters. The van der Waals surface area contributed by atoms with E-state index in [4.69, 9.17) is 14.4 Å². The highest BCUT2D eigenvalue weighted by Crippen LogP contribution is 2.35. The van der Waals surface area contributed by atoms with E-state index in [0.717, 1.165) is 0 Å². The first-order valence-corrected chi connectivity index (χ1v) is 10.5. The van der Waals surface area contributed by atoms with Crippen LogP contribution in [0.15, 0.2) is 64.0 Å². The van der Waals surface area contributed by atoms with Gasteiger partial charge in [-0.3, -0.25) is 0 Å². The minimum atomic E-state index is -3.91. The van der Waals surface area contributed by atoms with Gasteiger partial charge in [-0.1, -0.05) is 47.6 Å². The lowest BCUT2D eigenvalue weighted by molar-refractivity contribution is -0.761. The lowest BCUT2D eigenvalue weighted by Gasteiger charge is -2.14. The summed E-state index contributed by atoms with van der Waals surface area (Å²) in [6.07, 6.45) is 0. The zero-order valence-corrected chi connectivity index (χ0v) is 17.1. The van der Waals surface area contributed by atoms with Crippen molar-refractivity contribution in [2.75, 3.05) is 13.2 Å². The molecule has 0 bridgehead atoms. The lowest BCUT2D eigenvalue weighted by Crippen LogP contribution is -2.31. The molecule has 2 N–H and O–H groups in total. The molecule has 170 valence electrons. The SMILES string of the molecule is NS(=O)(=O)c1ccc(-c2c(-c3ccccc3)noc2COCC(F)(F)CO[N+](=O)[O-])cc1. The number of nitrogens with zero attached hydrogens (tertiary/aromatic N) is 2. The molecule has 0 saturated heterocycles. The van der Waals surface area contributed by atoms with Gasteiger partial charge in [0.05, 0.1) is 10.5 Å². The Bertz CT molecular complexity index is 1180. The second-order valence-electron chi connectivity index (χ2n) is 6.61. The van der Waals surface area contributed by atoms with E-state index in [1.165, 1.54) is 24.3 Å². The standard InChI is InChI=1S/C19H17F2N3O7S/c20-19(21,12-30-24(25)26)11-29-10-16-17(13-6-8-15(9-7-13)32(22,27)28)18(23-31-16)14-4-2-1-3-5-14/h1-9H,10-12H2,(H2,22,27,28). The fraction of sp³-hybridized carbons (Fsp3) is 0.211. The zero-order valence-electron chi connectivity index (χ0n) is 16.3. The van der Waals surface area contributed by atoms with Gasteiger partial charge in [0.25, 0.3) is 11.0 Å². The van der Waals surface area contributed by atoms with Gasteiger partial charge in [-0.15, -0.1) is 10.1 Å². The number of ether oxygens (including phenoxy) is 1. The molecule has 0 atom stereocenters. The number of nitrogens with two attached hydrogens (primary N) is 1. The second kappa shape index (κ2) is 9.38. The number of hydrogen-bond acceptors (Lipinski definition) is 8. The normalized spacial score (nSPS) is 12.0. The van der Waals surface area contributed by atoms with Crippen molar-refractivity contribution in [3.05, 3.63) is 70.5 Å². The van der Waals surface area contributed by atoms with E-state index in [-0.39, 0.29) is 10.7 Å².